The quantitative estimate of drug-likeness (QED) is 0.678. The number of aromatic carboxylic acids is 1. The Morgan fingerprint density at radius 1 is 0.880 bits per heavy atom. The summed E-state index contributed by atoms with van der Waals surface area (Å²) in [5.41, 5.74) is 2.99. The first-order valence-electron chi connectivity index (χ1n) is 7.78. The number of para-hydroxylation sites is 1. The molecule has 0 aliphatic rings. The van der Waals surface area contributed by atoms with E-state index in [0.29, 0.717) is 16.9 Å². The number of carbonyl (C=O) groups is 2. The zero-order chi connectivity index (χ0) is 17.6. The van der Waals surface area contributed by atoms with E-state index in [4.69, 9.17) is 4.74 Å². The van der Waals surface area contributed by atoms with Gasteiger partial charge in [-0.15, -0.1) is 0 Å². The van der Waals surface area contributed by atoms with Crippen LogP contribution in [0.4, 0.5) is 0 Å². The van der Waals surface area contributed by atoms with Crippen LogP contribution in [-0.2, 0) is 6.61 Å². The smallest absolute Gasteiger partial charge is 0.336 e. The van der Waals surface area contributed by atoms with Gasteiger partial charge >= 0.3 is 5.97 Å². The van der Waals surface area contributed by atoms with Gasteiger partial charge in [0.25, 0.3) is 0 Å². The highest BCUT2D eigenvalue weighted by Gasteiger charge is 2.14. The normalized spacial score (nSPS) is 10.2. The fraction of sp³-hybridized carbons (Fsp3) is 0.0476. The van der Waals surface area contributed by atoms with Crippen LogP contribution >= 0.6 is 0 Å². The molecule has 3 rings (SSSR count). The summed E-state index contributed by atoms with van der Waals surface area (Å²) in [6.45, 7) is 0.231. The zero-order valence-corrected chi connectivity index (χ0v) is 13.4. The molecule has 0 atom stereocenters. The molecule has 3 aromatic carbocycles. The van der Waals surface area contributed by atoms with Gasteiger partial charge < -0.3 is 9.84 Å². The number of benzene rings is 3. The molecule has 4 heteroatoms. The van der Waals surface area contributed by atoms with Gasteiger partial charge in [-0.3, -0.25) is 4.79 Å². The summed E-state index contributed by atoms with van der Waals surface area (Å²) in [4.78, 5) is 22.6. The van der Waals surface area contributed by atoms with Crippen molar-refractivity contribution in [1.29, 1.82) is 0 Å². The van der Waals surface area contributed by atoms with Crippen molar-refractivity contribution in [3.63, 3.8) is 0 Å². The summed E-state index contributed by atoms with van der Waals surface area (Å²) in [6, 6.07) is 21.3. The minimum atomic E-state index is -0.974. The van der Waals surface area contributed by atoms with E-state index in [1.807, 2.05) is 24.3 Å². The standard InChI is InChI=1S/C21H16O4/c22-13-15-7-2-6-12-20(15)25-14-16-8-1-3-9-17(16)18-10-4-5-11-19(18)21(23)24/h1-13H,14H2,(H,23,24). The van der Waals surface area contributed by atoms with E-state index in [1.54, 1.807) is 48.5 Å². The van der Waals surface area contributed by atoms with Crippen molar-refractivity contribution in [1.82, 2.24) is 0 Å². The van der Waals surface area contributed by atoms with E-state index in [9.17, 15) is 14.7 Å². The van der Waals surface area contributed by atoms with Gasteiger partial charge in [-0.25, -0.2) is 4.79 Å². The maximum absolute atomic E-state index is 11.5. The van der Waals surface area contributed by atoms with Crippen molar-refractivity contribution < 1.29 is 19.4 Å². The highest BCUT2D eigenvalue weighted by molar-refractivity contribution is 5.96. The molecule has 0 bridgehead atoms. The van der Waals surface area contributed by atoms with Gasteiger partial charge in [0.15, 0.2) is 6.29 Å². The maximum atomic E-state index is 11.5. The molecule has 0 amide bonds. The minimum Gasteiger partial charge on any atom is -0.488 e. The summed E-state index contributed by atoms with van der Waals surface area (Å²) < 4.78 is 5.80. The molecule has 25 heavy (non-hydrogen) atoms. The number of carboxylic acids is 1. The van der Waals surface area contributed by atoms with Gasteiger partial charge in [-0.2, -0.15) is 0 Å². The molecule has 0 unspecified atom stereocenters. The van der Waals surface area contributed by atoms with Crippen LogP contribution in [0.3, 0.4) is 0 Å². The van der Waals surface area contributed by atoms with Crippen LogP contribution in [0.1, 0.15) is 26.3 Å². The Morgan fingerprint density at radius 2 is 1.52 bits per heavy atom. The van der Waals surface area contributed by atoms with Crippen LogP contribution in [0.5, 0.6) is 5.75 Å². The number of hydrogen-bond donors (Lipinski definition) is 1. The van der Waals surface area contributed by atoms with Gasteiger partial charge in [-0.1, -0.05) is 54.6 Å². The Hall–Kier alpha value is -3.40. The molecule has 0 aliphatic carbocycles. The lowest BCUT2D eigenvalue weighted by atomic mass is 9.95. The van der Waals surface area contributed by atoms with Gasteiger partial charge in [0.1, 0.15) is 12.4 Å². The van der Waals surface area contributed by atoms with Crippen LogP contribution in [0, 0.1) is 0 Å². The number of aldehydes is 1. The monoisotopic (exact) mass is 332 g/mol. The summed E-state index contributed by atoms with van der Waals surface area (Å²) in [5.74, 6) is -0.476. The van der Waals surface area contributed by atoms with E-state index >= 15 is 0 Å². The van der Waals surface area contributed by atoms with E-state index in [-0.39, 0.29) is 12.2 Å². The van der Waals surface area contributed by atoms with Crippen molar-refractivity contribution in [2.24, 2.45) is 0 Å². The van der Waals surface area contributed by atoms with Crippen LogP contribution in [0.25, 0.3) is 11.1 Å². The predicted octanol–water partition coefficient (Wildman–Crippen LogP) is 4.44. The molecule has 4 nitrogen and oxygen atoms in total. The molecule has 0 radical (unpaired) electrons. The zero-order valence-electron chi connectivity index (χ0n) is 13.4. The van der Waals surface area contributed by atoms with Crippen molar-refractivity contribution in [2.45, 2.75) is 6.61 Å². The van der Waals surface area contributed by atoms with Crippen molar-refractivity contribution in [3.8, 4) is 16.9 Å². The topological polar surface area (TPSA) is 63.6 Å². The van der Waals surface area contributed by atoms with Gasteiger partial charge in [0.05, 0.1) is 11.1 Å². The predicted molar refractivity (Wildman–Crippen MR) is 95.0 cm³/mol. The molecule has 0 aromatic heterocycles. The third-order valence-electron chi connectivity index (χ3n) is 3.89. The Balaban J connectivity index is 1.95. The van der Waals surface area contributed by atoms with E-state index < -0.39 is 5.97 Å². The largest absolute Gasteiger partial charge is 0.488 e. The second kappa shape index (κ2) is 7.45. The van der Waals surface area contributed by atoms with E-state index in [2.05, 4.69) is 0 Å². The summed E-state index contributed by atoms with van der Waals surface area (Å²) in [7, 11) is 0. The first kappa shape index (κ1) is 16.5. The molecule has 0 heterocycles. The Morgan fingerprint density at radius 3 is 2.28 bits per heavy atom. The molecular formula is C21H16O4. The lowest BCUT2D eigenvalue weighted by Gasteiger charge is -2.14. The van der Waals surface area contributed by atoms with Crippen LogP contribution < -0.4 is 4.74 Å². The lowest BCUT2D eigenvalue weighted by Crippen LogP contribution is -2.03. The first-order valence-corrected chi connectivity index (χ1v) is 7.78. The molecule has 0 aliphatic heterocycles. The molecule has 0 saturated carbocycles. The second-order valence-electron chi connectivity index (χ2n) is 5.45. The average Bonchev–Trinajstić information content (AvgIpc) is 2.66. The molecule has 0 saturated heterocycles. The first-order chi connectivity index (χ1) is 12.2. The second-order valence-corrected chi connectivity index (χ2v) is 5.45. The Kier molecular flexibility index (Phi) is 4.90. The van der Waals surface area contributed by atoms with Crippen molar-refractivity contribution in [2.75, 3.05) is 0 Å². The highest BCUT2D eigenvalue weighted by Crippen LogP contribution is 2.28. The fourth-order valence-electron chi connectivity index (χ4n) is 2.68. The number of carbonyl (C=O) groups excluding carboxylic acids is 1. The van der Waals surface area contributed by atoms with Gasteiger partial charge in [0, 0.05) is 0 Å². The lowest BCUT2D eigenvalue weighted by molar-refractivity contribution is 0.0697. The highest BCUT2D eigenvalue weighted by atomic mass is 16.5. The summed E-state index contributed by atoms with van der Waals surface area (Å²) >= 11 is 0. The number of rotatable bonds is 6. The molecule has 0 spiro atoms. The third-order valence-corrected chi connectivity index (χ3v) is 3.89. The maximum Gasteiger partial charge on any atom is 0.336 e. The van der Waals surface area contributed by atoms with Gasteiger partial charge in [-0.05, 0) is 34.9 Å². The molecule has 3 aromatic rings. The molecule has 0 fully saturated rings. The SMILES string of the molecule is O=Cc1ccccc1OCc1ccccc1-c1ccccc1C(=O)O. The van der Waals surface area contributed by atoms with Crippen LogP contribution in [0.2, 0.25) is 0 Å². The molecule has 124 valence electrons. The minimum absolute atomic E-state index is 0.231. The van der Waals surface area contributed by atoms with Crippen molar-refractivity contribution in [3.05, 3.63) is 89.5 Å². The van der Waals surface area contributed by atoms with E-state index in [1.165, 1.54) is 0 Å². The number of hydrogen-bond acceptors (Lipinski definition) is 3. The van der Waals surface area contributed by atoms with Gasteiger partial charge in [0.2, 0.25) is 0 Å². The summed E-state index contributed by atoms with van der Waals surface area (Å²) in [5, 5.41) is 9.42. The Labute approximate surface area is 145 Å². The Bertz CT molecular complexity index is 915. The summed E-state index contributed by atoms with van der Waals surface area (Å²) in [6.07, 6.45) is 0.751. The molecular weight excluding hydrogens is 316 g/mol. The molecule has 1 N–H and O–H groups in total. The number of ether oxygens (including phenoxy) is 1. The van der Waals surface area contributed by atoms with Crippen LogP contribution in [-0.4, -0.2) is 17.4 Å². The van der Waals surface area contributed by atoms with Crippen molar-refractivity contribution >= 4 is 12.3 Å². The third kappa shape index (κ3) is 3.58. The fourth-order valence-corrected chi connectivity index (χ4v) is 2.68. The van der Waals surface area contributed by atoms with Crippen LogP contribution in [0.15, 0.2) is 72.8 Å². The number of carboxylic acid groups (broad SMARTS) is 1. The van der Waals surface area contributed by atoms with E-state index in [0.717, 1.165) is 17.4 Å². The average molecular weight is 332 g/mol.